The lowest BCUT2D eigenvalue weighted by molar-refractivity contribution is 0.215. The summed E-state index contributed by atoms with van der Waals surface area (Å²) in [6.07, 6.45) is 11.5. The fourth-order valence-electron chi connectivity index (χ4n) is 2.11. The highest BCUT2D eigenvalue weighted by atomic mass is 16.3. The van der Waals surface area contributed by atoms with E-state index in [4.69, 9.17) is 5.11 Å². The summed E-state index contributed by atoms with van der Waals surface area (Å²) in [6.45, 7) is 8.04. The molecule has 2 nitrogen and oxygen atoms in total. The predicted molar refractivity (Wildman–Crippen MR) is 76.4 cm³/mol. The zero-order chi connectivity index (χ0) is 13.0. The molecule has 104 valence electrons. The molecule has 2 N–H and O–H groups in total. The van der Waals surface area contributed by atoms with E-state index in [0.29, 0.717) is 0 Å². The van der Waals surface area contributed by atoms with Crippen LogP contribution in [0.4, 0.5) is 0 Å². The molecule has 0 aromatic heterocycles. The molecule has 0 spiro atoms. The summed E-state index contributed by atoms with van der Waals surface area (Å²) in [6, 6.07) is 0. The molecule has 0 fully saturated rings. The van der Waals surface area contributed by atoms with E-state index in [0.717, 1.165) is 19.4 Å². The Morgan fingerprint density at radius 2 is 1.53 bits per heavy atom. The Balaban J connectivity index is 3.37. The molecule has 1 atom stereocenters. The minimum absolute atomic E-state index is 0.136. The Morgan fingerprint density at radius 3 is 2.06 bits per heavy atom. The maximum atomic E-state index is 9.02. The van der Waals surface area contributed by atoms with Crippen LogP contribution in [0.5, 0.6) is 0 Å². The van der Waals surface area contributed by atoms with E-state index in [2.05, 4.69) is 26.1 Å². The van der Waals surface area contributed by atoms with Crippen molar-refractivity contribution in [3.63, 3.8) is 0 Å². The van der Waals surface area contributed by atoms with Crippen molar-refractivity contribution in [2.75, 3.05) is 13.2 Å². The Kier molecular flexibility index (Phi) is 11.0. The van der Waals surface area contributed by atoms with Crippen molar-refractivity contribution in [2.24, 2.45) is 0 Å². The smallest absolute Gasteiger partial charge is 0.0448 e. The van der Waals surface area contributed by atoms with Crippen LogP contribution in [0, 0.1) is 0 Å². The van der Waals surface area contributed by atoms with E-state index in [1.807, 2.05) is 0 Å². The second-order valence-electron chi connectivity index (χ2n) is 5.44. The molecule has 0 aromatic rings. The number of unbranched alkanes of at least 4 members (excludes halogenated alkanes) is 6. The van der Waals surface area contributed by atoms with Crippen LogP contribution in [-0.2, 0) is 0 Å². The van der Waals surface area contributed by atoms with Crippen molar-refractivity contribution in [3.8, 4) is 0 Å². The van der Waals surface area contributed by atoms with Gasteiger partial charge in [0.25, 0.3) is 0 Å². The summed E-state index contributed by atoms with van der Waals surface area (Å²) < 4.78 is 0. The average molecular weight is 243 g/mol. The van der Waals surface area contributed by atoms with Gasteiger partial charge >= 0.3 is 0 Å². The fourth-order valence-corrected chi connectivity index (χ4v) is 2.11. The van der Waals surface area contributed by atoms with Gasteiger partial charge in [-0.15, -0.1) is 0 Å². The summed E-state index contributed by atoms with van der Waals surface area (Å²) in [5.74, 6) is 0. The number of rotatable bonds is 12. The molecule has 1 unspecified atom stereocenters. The zero-order valence-corrected chi connectivity index (χ0v) is 12.2. The Bertz CT molecular complexity index is 161. The van der Waals surface area contributed by atoms with Crippen LogP contribution in [-0.4, -0.2) is 23.8 Å². The Labute approximate surface area is 108 Å². The quantitative estimate of drug-likeness (QED) is 0.510. The molecule has 17 heavy (non-hydrogen) atoms. The third-order valence-electron chi connectivity index (χ3n) is 3.78. The van der Waals surface area contributed by atoms with Crippen LogP contribution in [0.25, 0.3) is 0 Å². The second-order valence-corrected chi connectivity index (χ2v) is 5.44. The lowest BCUT2D eigenvalue weighted by Crippen LogP contribution is -2.43. The second kappa shape index (κ2) is 11.0. The lowest BCUT2D eigenvalue weighted by atomic mass is 9.94. The Morgan fingerprint density at radius 1 is 0.941 bits per heavy atom. The molecule has 0 heterocycles. The maximum absolute atomic E-state index is 9.02. The number of aliphatic hydroxyl groups is 1. The molecule has 0 bridgehead atoms. The molecule has 0 radical (unpaired) electrons. The minimum Gasteiger partial charge on any atom is -0.396 e. The van der Waals surface area contributed by atoms with Crippen LogP contribution < -0.4 is 5.32 Å². The molecule has 0 aliphatic rings. The standard InChI is InChI=1S/C15H33NO/c1-4-6-7-8-9-10-11-13-16-15(3,5-2)12-14-17/h16-17H,4-14H2,1-3H3. The van der Waals surface area contributed by atoms with Crippen molar-refractivity contribution in [1.29, 1.82) is 0 Å². The third-order valence-corrected chi connectivity index (χ3v) is 3.78. The molecule has 0 aliphatic heterocycles. The fraction of sp³-hybridized carbons (Fsp3) is 1.00. The van der Waals surface area contributed by atoms with Gasteiger partial charge in [-0.2, -0.15) is 0 Å². The number of hydrogen-bond donors (Lipinski definition) is 2. The molecule has 2 heteroatoms. The van der Waals surface area contributed by atoms with Gasteiger partial charge in [-0.05, 0) is 32.7 Å². The van der Waals surface area contributed by atoms with E-state index in [-0.39, 0.29) is 12.1 Å². The summed E-state index contributed by atoms with van der Waals surface area (Å²) in [5.41, 5.74) is 0.136. The van der Waals surface area contributed by atoms with Gasteiger partial charge < -0.3 is 10.4 Å². The van der Waals surface area contributed by atoms with Crippen molar-refractivity contribution in [3.05, 3.63) is 0 Å². The Hall–Kier alpha value is -0.0800. The third kappa shape index (κ3) is 9.61. The molecule has 0 aromatic carbocycles. The van der Waals surface area contributed by atoms with E-state index < -0.39 is 0 Å². The van der Waals surface area contributed by atoms with Crippen LogP contribution in [0.15, 0.2) is 0 Å². The highest BCUT2D eigenvalue weighted by Crippen LogP contribution is 2.14. The van der Waals surface area contributed by atoms with Gasteiger partial charge in [-0.1, -0.05) is 52.4 Å². The predicted octanol–water partition coefficient (Wildman–Crippen LogP) is 3.88. The van der Waals surface area contributed by atoms with Crippen LogP contribution >= 0.6 is 0 Å². The van der Waals surface area contributed by atoms with Gasteiger partial charge in [0, 0.05) is 12.1 Å². The van der Waals surface area contributed by atoms with Crippen molar-refractivity contribution in [1.82, 2.24) is 5.32 Å². The van der Waals surface area contributed by atoms with Crippen LogP contribution in [0.2, 0.25) is 0 Å². The summed E-state index contributed by atoms with van der Waals surface area (Å²) in [5, 5.41) is 12.6. The molecular formula is C15H33NO. The van der Waals surface area contributed by atoms with Crippen molar-refractivity contribution in [2.45, 2.75) is 84.1 Å². The van der Waals surface area contributed by atoms with E-state index in [1.165, 1.54) is 44.9 Å². The van der Waals surface area contributed by atoms with Gasteiger partial charge in [0.2, 0.25) is 0 Å². The summed E-state index contributed by atoms with van der Waals surface area (Å²) >= 11 is 0. The first-order valence-electron chi connectivity index (χ1n) is 7.54. The van der Waals surface area contributed by atoms with E-state index >= 15 is 0 Å². The van der Waals surface area contributed by atoms with Gasteiger partial charge in [0.15, 0.2) is 0 Å². The van der Waals surface area contributed by atoms with E-state index in [9.17, 15) is 0 Å². The number of aliphatic hydroxyl groups excluding tert-OH is 1. The molecule has 0 aliphatic carbocycles. The first kappa shape index (κ1) is 16.9. The summed E-state index contributed by atoms with van der Waals surface area (Å²) in [7, 11) is 0. The summed E-state index contributed by atoms with van der Waals surface area (Å²) in [4.78, 5) is 0. The first-order valence-corrected chi connectivity index (χ1v) is 7.54. The highest BCUT2D eigenvalue weighted by Gasteiger charge is 2.19. The molecular weight excluding hydrogens is 210 g/mol. The molecule has 0 saturated heterocycles. The van der Waals surface area contributed by atoms with Crippen LogP contribution in [0.1, 0.15) is 78.6 Å². The van der Waals surface area contributed by atoms with Gasteiger partial charge in [-0.25, -0.2) is 0 Å². The number of hydrogen-bond acceptors (Lipinski definition) is 2. The maximum Gasteiger partial charge on any atom is 0.0448 e. The average Bonchev–Trinajstić information content (AvgIpc) is 2.33. The van der Waals surface area contributed by atoms with Crippen molar-refractivity contribution >= 4 is 0 Å². The largest absolute Gasteiger partial charge is 0.396 e. The van der Waals surface area contributed by atoms with Gasteiger partial charge in [0.1, 0.15) is 0 Å². The monoisotopic (exact) mass is 243 g/mol. The highest BCUT2D eigenvalue weighted by molar-refractivity contribution is 4.80. The lowest BCUT2D eigenvalue weighted by Gasteiger charge is -2.29. The SMILES string of the molecule is CCCCCCCCCNC(C)(CC)CCO. The normalized spacial score (nSPS) is 14.8. The van der Waals surface area contributed by atoms with Gasteiger partial charge in [0.05, 0.1) is 0 Å². The van der Waals surface area contributed by atoms with Crippen molar-refractivity contribution < 1.29 is 5.11 Å². The van der Waals surface area contributed by atoms with Crippen LogP contribution in [0.3, 0.4) is 0 Å². The number of nitrogens with one attached hydrogen (secondary N) is 1. The zero-order valence-electron chi connectivity index (χ0n) is 12.2. The molecule has 0 saturated carbocycles. The molecule has 0 rings (SSSR count). The van der Waals surface area contributed by atoms with E-state index in [1.54, 1.807) is 0 Å². The van der Waals surface area contributed by atoms with Gasteiger partial charge in [-0.3, -0.25) is 0 Å². The first-order chi connectivity index (χ1) is 8.18. The topological polar surface area (TPSA) is 32.3 Å². The molecule has 0 amide bonds. The minimum atomic E-state index is 0.136.